The highest BCUT2D eigenvalue weighted by molar-refractivity contribution is 5.28. The largest absolute Gasteiger partial charge is 0.325 e. The van der Waals surface area contributed by atoms with Gasteiger partial charge in [-0.15, -0.1) is 0 Å². The van der Waals surface area contributed by atoms with Crippen molar-refractivity contribution in [2.75, 3.05) is 0 Å². The minimum absolute atomic E-state index is 0.118. The summed E-state index contributed by atoms with van der Waals surface area (Å²) in [7, 11) is 0. The molecule has 1 heteroatoms. The minimum Gasteiger partial charge on any atom is -0.325 e. The van der Waals surface area contributed by atoms with Crippen molar-refractivity contribution in [1.29, 1.82) is 0 Å². The Balaban J connectivity index is 2.07. The fourth-order valence-electron chi connectivity index (χ4n) is 3.22. The van der Waals surface area contributed by atoms with Gasteiger partial charge in [-0.2, -0.15) is 0 Å². The van der Waals surface area contributed by atoms with Gasteiger partial charge in [-0.05, 0) is 68.4 Å². The summed E-state index contributed by atoms with van der Waals surface area (Å²) in [5, 5.41) is 0. The average Bonchev–Trinajstić information content (AvgIpc) is 2.27. The second kappa shape index (κ2) is 5.28. The molecule has 0 radical (unpaired) electrons. The molecule has 0 aliphatic heterocycles. The maximum atomic E-state index is 6.13. The lowest BCUT2D eigenvalue weighted by atomic mass is 9.71. The van der Waals surface area contributed by atoms with Gasteiger partial charge in [0.05, 0.1) is 0 Å². The van der Waals surface area contributed by atoms with Crippen LogP contribution in [-0.2, 0) is 6.42 Å². The van der Waals surface area contributed by atoms with Crippen LogP contribution in [0.4, 0.5) is 0 Å². The van der Waals surface area contributed by atoms with Crippen LogP contribution in [0.2, 0.25) is 0 Å². The van der Waals surface area contributed by atoms with Gasteiger partial charge in [0.2, 0.25) is 0 Å². The Bertz CT molecular complexity index is 416. The zero-order valence-corrected chi connectivity index (χ0v) is 13.0. The van der Waals surface area contributed by atoms with E-state index in [1.165, 1.54) is 36.8 Å². The Labute approximate surface area is 118 Å². The first-order valence-corrected chi connectivity index (χ1v) is 7.63. The van der Waals surface area contributed by atoms with Crippen LogP contribution in [0.15, 0.2) is 24.3 Å². The Morgan fingerprint density at radius 3 is 2.42 bits per heavy atom. The van der Waals surface area contributed by atoms with Gasteiger partial charge >= 0.3 is 0 Å². The molecule has 2 rings (SSSR count). The molecule has 1 nitrogen and oxygen atoms in total. The molecule has 1 aromatic carbocycles. The first-order valence-electron chi connectivity index (χ1n) is 7.63. The molecule has 0 atom stereocenters. The third-order valence-corrected chi connectivity index (χ3v) is 4.42. The van der Waals surface area contributed by atoms with Crippen LogP contribution in [0.25, 0.3) is 0 Å². The summed E-state index contributed by atoms with van der Waals surface area (Å²) in [5.74, 6) is 0.758. The summed E-state index contributed by atoms with van der Waals surface area (Å²) in [5.41, 5.74) is 9.47. The number of nitrogens with two attached hydrogens (primary N) is 1. The van der Waals surface area contributed by atoms with Gasteiger partial charge in [0.25, 0.3) is 0 Å². The summed E-state index contributed by atoms with van der Waals surface area (Å²) in [6, 6.07) is 9.11. The normalized spacial score (nSPS) is 20.5. The average molecular weight is 259 g/mol. The second-order valence-electron chi connectivity index (χ2n) is 7.85. The summed E-state index contributed by atoms with van der Waals surface area (Å²) < 4.78 is 0. The molecule has 0 unspecified atom stereocenters. The predicted octanol–water partition coefficient (Wildman–Crippen LogP) is 4.65. The number of benzene rings is 1. The number of rotatable bonds is 3. The van der Waals surface area contributed by atoms with Gasteiger partial charge in [0.1, 0.15) is 0 Å². The van der Waals surface area contributed by atoms with Crippen molar-refractivity contribution in [3.63, 3.8) is 0 Å². The van der Waals surface area contributed by atoms with Crippen molar-refractivity contribution < 1.29 is 0 Å². The summed E-state index contributed by atoms with van der Waals surface area (Å²) >= 11 is 0. The Morgan fingerprint density at radius 2 is 1.84 bits per heavy atom. The molecule has 19 heavy (non-hydrogen) atoms. The molecule has 0 amide bonds. The fraction of sp³-hybridized carbons (Fsp3) is 0.667. The molecular weight excluding hydrogens is 230 g/mol. The standard InChI is InChI=1S/C18H29N/c1-17(2)10-8-15(9-11-17)16-7-5-6-14(12-16)13-18(3,4)19/h5-7,12,15H,8-11,13,19H2,1-4H3. The molecule has 0 saturated heterocycles. The van der Waals surface area contributed by atoms with Crippen molar-refractivity contribution in [3.8, 4) is 0 Å². The van der Waals surface area contributed by atoms with E-state index in [1.54, 1.807) is 0 Å². The van der Waals surface area contributed by atoms with Crippen LogP contribution in [0.3, 0.4) is 0 Å². The lowest BCUT2D eigenvalue weighted by Gasteiger charge is -2.34. The predicted molar refractivity (Wildman–Crippen MR) is 83.4 cm³/mol. The van der Waals surface area contributed by atoms with Crippen LogP contribution >= 0.6 is 0 Å². The Kier molecular flexibility index (Phi) is 4.06. The van der Waals surface area contributed by atoms with Crippen molar-refractivity contribution in [2.45, 2.75) is 71.3 Å². The van der Waals surface area contributed by atoms with Crippen LogP contribution in [-0.4, -0.2) is 5.54 Å². The van der Waals surface area contributed by atoms with E-state index in [0.29, 0.717) is 5.41 Å². The van der Waals surface area contributed by atoms with E-state index in [1.807, 2.05) is 0 Å². The van der Waals surface area contributed by atoms with E-state index in [4.69, 9.17) is 5.73 Å². The molecule has 2 N–H and O–H groups in total. The molecule has 1 fully saturated rings. The van der Waals surface area contributed by atoms with Crippen molar-refractivity contribution in [3.05, 3.63) is 35.4 Å². The monoisotopic (exact) mass is 259 g/mol. The molecule has 1 aliphatic rings. The highest BCUT2D eigenvalue weighted by Crippen LogP contribution is 2.42. The smallest absolute Gasteiger partial charge is 0.0138 e. The van der Waals surface area contributed by atoms with Crippen LogP contribution in [0.1, 0.15) is 70.4 Å². The Morgan fingerprint density at radius 1 is 1.21 bits per heavy atom. The van der Waals surface area contributed by atoms with E-state index >= 15 is 0 Å². The zero-order chi connectivity index (χ0) is 14.1. The molecule has 1 saturated carbocycles. The zero-order valence-electron chi connectivity index (χ0n) is 13.0. The van der Waals surface area contributed by atoms with Crippen LogP contribution in [0.5, 0.6) is 0 Å². The first-order chi connectivity index (χ1) is 8.75. The Hall–Kier alpha value is -0.820. The fourth-order valence-corrected chi connectivity index (χ4v) is 3.22. The molecule has 0 bridgehead atoms. The van der Waals surface area contributed by atoms with E-state index in [9.17, 15) is 0 Å². The van der Waals surface area contributed by atoms with Crippen LogP contribution in [0, 0.1) is 5.41 Å². The molecule has 0 heterocycles. The number of hydrogen-bond acceptors (Lipinski definition) is 1. The summed E-state index contributed by atoms with van der Waals surface area (Å²) in [4.78, 5) is 0. The molecule has 0 aromatic heterocycles. The third kappa shape index (κ3) is 4.35. The highest BCUT2D eigenvalue weighted by atomic mass is 14.7. The van der Waals surface area contributed by atoms with Crippen molar-refractivity contribution in [1.82, 2.24) is 0 Å². The van der Waals surface area contributed by atoms with E-state index in [-0.39, 0.29) is 5.54 Å². The maximum absolute atomic E-state index is 6.13. The first kappa shape index (κ1) is 14.6. The third-order valence-electron chi connectivity index (χ3n) is 4.42. The van der Waals surface area contributed by atoms with Gasteiger partial charge in [-0.3, -0.25) is 0 Å². The minimum atomic E-state index is -0.118. The van der Waals surface area contributed by atoms with Crippen molar-refractivity contribution >= 4 is 0 Å². The lowest BCUT2D eigenvalue weighted by Crippen LogP contribution is -2.34. The lowest BCUT2D eigenvalue weighted by molar-refractivity contribution is 0.224. The SMILES string of the molecule is CC(C)(N)Cc1cccc(C2CCC(C)(C)CC2)c1. The topological polar surface area (TPSA) is 26.0 Å². The van der Waals surface area contributed by atoms with Gasteiger partial charge < -0.3 is 5.73 Å². The number of hydrogen-bond donors (Lipinski definition) is 1. The molecule has 1 aliphatic carbocycles. The van der Waals surface area contributed by atoms with Crippen molar-refractivity contribution in [2.24, 2.45) is 11.1 Å². The van der Waals surface area contributed by atoms with E-state index in [0.717, 1.165) is 12.3 Å². The van der Waals surface area contributed by atoms with Crippen LogP contribution < -0.4 is 5.73 Å². The van der Waals surface area contributed by atoms with Gasteiger partial charge in [0.15, 0.2) is 0 Å². The second-order valence-corrected chi connectivity index (χ2v) is 7.85. The van der Waals surface area contributed by atoms with E-state index in [2.05, 4.69) is 52.0 Å². The van der Waals surface area contributed by atoms with Gasteiger partial charge in [0, 0.05) is 5.54 Å². The summed E-state index contributed by atoms with van der Waals surface area (Å²) in [6.45, 7) is 9.00. The van der Waals surface area contributed by atoms with Gasteiger partial charge in [-0.1, -0.05) is 38.1 Å². The maximum Gasteiger partial charge on any atom is 0.0138 e. The molecule has 106 valence electrons. The molecular formula is C18H29N. The van der Waals surface area contributed by atoms with Gasteiger partial charge in [-0.25, -0.2) is 0 Å². The van der Waals surface area contributed by atoms with E-state index < -0.39 is 0 Å². The summed E-state index contributed by atoms with van der Waals surface area (Å²) in [6.07, 6.45) is 6.33. The quantitative estimate of drug-likeness (QED) is 0.840. The molecule has 0 spiro atoms. The molecule has 1 aromatic rings. The highest BCUT2D eigenvalue weighted by Gasteiger charge is 2.27.